The van der Waals surface area contributed by atoms with Crippen LogP contribution in [-0.2, 0) is 24.8 Å². The Labute approximate surface area is 118 Å². The van der Waals surface area contributed by atoms with Gasteiger partial charge in [0.25, 0.3) is 0 Å². The van der Waals surface area contributed by atoms with E-state index in [9.17, 15) is 4.79 Å². The SMILES string of the molecule is [B]Cc1ccc(OC(C)=O)c(OCc2cn(C)nn2)c1. The molecule has 0 aliphatic rings. The van der Waals surface area contributed by atoms with Crippen LogP contribution in [0.15, 0.2) is 24.4 Å². The van der Waals surface area contributed by atoms with Gasteiger partial charge in [-0.1, -0.05) is 23.2 Å². The molecule has 0 aliphatic heterocycles. The lowest BCUT2D eigenvalue weighted by molar-refractivity contribution is -0.132. The van der Waals surface area contributed by atoms with E-state index in [0.717, 1.165) is 5.56 Å². The van der Waals surface area contributed by atoms with Crippen molar-refractivity contribution in [3.63, 3.8) is 0 Å². The maximum atomic E-state index is 11.1. The molecule has 0 N–H and O–H groups in total. The minimum absolute atomic E-state index is 0.232. The molecule has 1 heterocycles. The molecule has 2 rings (SSSR count). The third-order valence-corrected chi connectivity index (χ3v) is 2.52. The van der Waals surface area contributed by atoms with Crippen molar-refractivity contribution in [2.45, 2.75) is 19.9 Å². The zero-order valence-corrected chi connectivity index (χ0v) is 11.4. The van der Waals surface area contributed by atoms with E-state index in [1.54, 1.807) is 36.1 Å². The molecule has 2 aromatic rings. The maximum absolute atomic E-state index is 11.1. The Bertz CT molecular complexity index is 613. The smallest absolute Gasteiger partial charge is 0.308 e. The summed E-state index contributed by atoms with van der Waals surface area (Å²) in [6.07, 6.45) is 2.13. The van der Waals surface area contributed by atoms with Crippen molar-refractivity contribution in [3.05, 3.63) is 35.7 Å². The summed E-state index contributed by atoms with van der Waals surface area (Å²) < 4.78 is 12.3. The number of carbonyl (C=O) groups excluding carboxylic acids is 1. The largest absolute Gasteiger partial charge is 0.483 e. The lowest BCUT2D eigenvalue weighted by Crippen LogP contribution is -2.05. The van der Waals surface area contributed by atoms with E-state index in [0.29, 0.717) is 23.5 Å². The summed E-state index contributed by atoms with van der Waals surface area (Å²) in [5.41, 5.74) is 1.56. The number of aromatic nitrogens is 3. The molecule has 1 aromatic heterocycles. The molecule has 0 saturated heterocycles. The van der Waals surface area contributed by atoms with E-state index >= 15 is 0 Å². The van der Waals surface area contributed by atoms with Crippen molar-refractivity contribution >= 4 is 13.8 Å². The van der Waals surface area contributed by atoms with Crippen molar-refractivity contribution < 1.29 is 14.3 Å². The number of ether oxygens (including phenoxy) is 2. The molecule has 7 heteroatoms. The van der Waals surface area contributed by atoms with Crippen LogP contribution in [0.1, 0.15) is 18.2 Å². The Balaban J connectivity index is 2.16. The monoisotopic (exact) mass is 271 g/mol. The van der Waals surface area contributed by atoms with Gasteiger partial charge in [-0.3, -0.25) is 9.48 Å². The van der Waals surface area contributed by atoms with Gasteiger partial charge in [0.1, 0.15) is 12.3 Å². The normalized spacial score (nSPS) is 10.3. The summed E-state index contributed by atoms with van der Waals surface area (Å²) in [5.74, 6) is 0.405. The van der Waals surface area contributed by atoms with Crippen molar-refractivity contribution in [2.24, 2.45) is 7.05 Å². The molecule has 0 fully saturated rings. The predicted molar refractivity (Wildman–Crippen MR) is 72.5 cm³/mol. The van der Waals surface area contributed by atoms with Gasteiger partial charge in [-0.05, 0) is 12.1 Å². The summed E-state index contributed by atoms with van der Waals surface area (Å²) >= 11 is 0. The van der Waals surface area contributed by atoms with E-state index in [1.807, 2.05) is 0 Å². The Kier molecular flexibility index (Phi) is 4.39. The number of esters is 1. The molecule has 0 aliphatic carbocycles. The van der Waals surface area contributed by atoms with Crippen molar-refractivity contribution in [2.75, 3.05) is 0 Å². The van der Waals surface area contributed by atoms with E-state index in [2.05, 4.69) is 10.3 Å². The minimum atomic E-state index is -0.408. The second kappa shape index (κ2) is 6.23. The van der Waals surface area contributed by atoms with Crippen LogP contribution < -0.4 is 9.47 Å². The first-order chi connectivity index (χ1) is 9.58. The molecule has 0 saturated carbocycles. The molecule has 102 valence electrons. The van der Waals surface area contributed by atoms with Crippen molar-refractivity contribution in [1.29, 1.82) is 0 Å². The average molecular weight is 271 g/mol. The Hall–Kier alpha value is -2.31. The predicted octanol–water partition coefficient (Wildman–Crippen LogP) is 0.988. The number of carbonyl (C=O) groups is 1. The number of rotatable bonds is 5. The number of hydrogen-bond donors (Lipinski definition) is 0. The average Bonchev–Trinajstić information content (AvgIpc) is 2.83. The Morgan fingerprint density at radius 2 is 2.20 bits per heavy atom. The highest BCUT2D eigenvalue weighted by Crippen LogP contribution is 2.29. The lowest BCUT2D eigenvalue weighted by atomic mass is 9.97. The fourth-order valence-electron chi connectivity index (χ4n) is 1.64. The van der Waals surface area contributed by atoms with Gasteiger partial charge in [0.05, 0.1) is 14.0 Å². The van der Waals surface area contributed by atoms with Gasteiger partial charge in [0, 0.05) is 14.0 Å². The molecule has 1 aromatic carbocycles. The van der Waals surface area contributed by atoms with Crippen LogP contribution in [0.25, 0.3) is 0 Å². The second-order valence-electron chi connectivity index (χ2n) is 4.25. The summed E-state index contributed by atoms with van der Waals surface area (Å²) in [6.45, 7) is 1.57. The quantitative estimate of drug-likeness (QED) is 0.461. The molecular weight excluding hydrogens is 257 g/mol. The summed E-state index contributed by atoms with van der Waals surface area (Å²) in [7, 11) is 7.37. The number of hydrogen-bond acceptors (Lipinski definition) is 5. The summed E-state index contributed by atoms with van der Waals surface area (Å²) in [5, 5.41) is 7.73. The second-order valence-corrected chi connectivity index (χ2v) is 4.25. The first-order valence-corrected chi connectivity index (χ1v) is 6.08. The molecule has 0 bridgehead atoms. The summed E-state index contributed by atoms with van der Waals surface area (Å²) in [6, 6.07) is 5.19. The van der Waals surface area contributed by atoms with E-state index < -0.39 is 5.97 Å². The highest BCUT2D eigenvalue weighted by molar-refractivity contribution is 6.08. The van der Waals surface area contributed by atoms with Crippen molar-refractivity contribution in [3.8, 4) is 11.5 Å². The molecule has 6 nitrogen and oxygen atoms in total. The van der Waals surface area contributed by atoms with Crippen LogP contribution in [0.5, 0.6) is 11.5 Å². The highest BCUT2D eigenvalue weighted by atomic mass is 16.6. The highest BCUT2D eigenvalue weighted by Gasteiger charge is 2.10. The number of nitrogens with zero attached hydrogens (tertiary/aromatic N) is 3. The number of aryl methyl sites for hydroxylation is 1. The first-order valence-electron chi connectivity index (χ1n) is 6.08. The van der Waals surface area contributed by atoms with E-state index in [4.69, 9.17) is 17.3 Å². The minimum Gasteiger partial charge on any atom is -0.483 e. The van der Waals surface area contributed by atoms with Gasteiger partial charge in [-0.25, -0.2) is 0 Å². The third-order valence-electron chi connectivity index (χ3n) is 2.52. The zero-order chi connectivity index (χ0) is 14.5. The van der Waals surface area contributed by atoms with E-state index in [1.165, 1.54) is 6.92 Å². The fraction of sp³-hybridized carbons (Fsp3) is 0.308. The standard InChI is InChI=1S/C13H14BN3O3/c1-9(18)20-12-4-3-10(6-14)5-13(12)19-8-11-7-17(2)16-15-11/h3-5,7H,6,8H2,1-2H3. The lowest BCUT2D eigenvalue weighted by Gasteiger charge is -2.11. The van der Waals surface area contributed by atoms with Crippen LogP contribution in [0, 0.1) is 0 Å². The van der Waals surface area contributed by atoms with Crippen LogP contribution >= 0.6 is 0 Å². The van der Waals surface area contributed by atoms with Crippen LogP contribution in [0.3, 0.4) is 0 Å². The third kappa shape index (κ3) is 3.60. The van der Waals surface area contributed by atoms with Gasteiger partial charge in [0.2, 0.25) is 0 Å². The molecule has 20 heavy (non-hydrogen) atoms. The van der Waals surface area contributed by atoms with Crippen molar-refractivity contribution in [1.82, 2.24) is 15.0 Å². The Morgan fingerprint density at radius 3 is 2.80 bits per heavy atom. The zero-order valence-electron chi connectivity index (χ0n) is 11.4. The Morgan fingerprint density at radius 1 is 1.40 bits per heavy atom. The molecule has 0 amide bonds. The fourth-order valence-corrected chi connectivity index (χ4v) is 1.64. The van der Waals surface area contributed by atoms with Crippen LogP contribution in [0.4, 0.5) is 0 Å². The molecule has 0 atom stereocenters. The molecular formula is C13H14BN3O3. The molecule has 0 spiro atoms. The number of benzene rings is 1. The van der Waals surface area contributed by atoms with Gasteiger partial charge >= 0.3 is 5.97 Å². The van der Waals surface area contributed by atoms with Crippen LogP contribution in [0.2, 0.25) is 0 Å². The van der Waals surface area contributed by atoms with Gasteiger partial charge in [0.15, 0.2) is 11.5 Å². The van der Waals surface area contributed by atoms with E-state index in [-0.39, 0.29) is 6.61 Å². The van der Waals surface area contributed by atoms with Gasteiger partial charge in [-0.2, -0.15) is 0 Å². The first kappa shape index (κ1) is 14.1. The maximum Gasteiger partial charge on any atom is 0.308 e. The van der Waals surface area contributed by atoms with Gasteiger partial charge in [-0.15, -0.1) is 5.10 Å². The molecule has 2 radical (unpaired) electrons. The van der Waals surface area contributed by atoms with Gasteiger partial charge < -0.3 is 9.47 Å². The topological polar surface area (TPSA) is 66.2 Å². The summed E-state index contributed by atoms with van der Waals surface area (Å²) in [4.78, 5) is 11.1. The molecule has 0 unspecified atom stereocenters. The van der Waals surface area contributed by atoms with Crippen LogP contribution in [-0.4, -0.2) is 28.8 Å².